The van der Waals surface area contributed by atoms with Gasteiger partial charge in [-0.1, -0.05) is 0 Å². The molecular formula is C23H27N5O11. The highest BCUT2D eigenvalue weighted by Crippen LogP contribution is 2.35. The van der Waals surface area contributed by atoms with Gasteiger partial charge in [0.05, 0.1) is 24.0 Å². The summed E-state index contributed by atoms with van der Waals surface area (Å²) in [5, 5.41) is 17.5. The molecule has 1 amide bonds. The van der Waals surface area contributed by atoms with Gasteiger partial charge in [-0.2, -0.15) is 9.78 Å². The molecule has 1 aliphatic heterocycles. The first kappa shape index (κ1) is 29.1. The molecule has 0 bridgehead atoms. The minimum absolute atomic E-state index is 0.0451. The van der Waals surface area contributed by atoms with Gasteiger partial charge in [-0.3, -0.25) is 34.3 Å². The number of non-ortho nitro benzene ring substituents is 1. The zero-order valence-electron chi connectivity index (χ0n) is 21.4. The Bertz CT molecular complexity index is 1350. The van der Waals surface area contributed by atoms with E-state index in [0.29, 0.717) is 0 Å². The number of hydrogen-bond donors (Lipinski definition) is 2. The van der Waals surface area contributed by atoms with Crippen molar-refractivity contribution in [1.29, 1.82) is 0 Å². The number of carbonyl (C=O) groups excluding carboxylic acids is 3. The lowest BCUT2D eigenvalue weighted by molar-refractivity contribution is -0.384. The normalized spacial score (nSPS) is 21.1. The molecule has 16 heteroatoms. The molecule has 1 saturated heterocycles. The molecule has 39 heavy (non-hydrogen) atoms. The fraction of sp³-hybridized carbons (Fsp3) is 0.478. The fourth-order valence-electron chi connectivity index (χ4n) is 4.08. The number of nitrogens with one attached hydrogen (secondary N) is 2. The van der Waals surface area contributed by atoms with Crippen LogP contribution in [0.15, 0.2) is 33.9 Å². The number of benzene rings is 1. The van der Waals surface area contributed by atoms with Crippen LogP contribution in [0, 0.1) is 17.0 Å². The van der Waals surface area contributed by atoms with Crippen LogP contribution in [0.4, 0.5) is 5.69 Å². The van der Waals surface area contributed by atoms with Gasteiger partial charge in [0.25, 0.3) is 17.2 Å². The van der Waals surface area contributed by atoms with Gasteiger partial charge in [0.2, 0.25) is 0 Å². The number of methoxy groups -OCH3 is 1. The molecule has 3 rings (SSSR count). The number of carbonyl (C=O) groups is 3. The largest absolute Gasteiger partial charge is 0.466 e. The zero-order chi connectivity index (χ0) is 28.9. The summed E-state index contributed by atoms with van der Waals surface area (Å²) < 4.78 is 22.8. The number of esters is 2. The van der Waals surface area contributed by atoms with Crippen LogP contribution in [-0.2, 0) is 28.5 Å². The summed E-state index contributed by atoms with van der Waals surface area (Å²) in [6.45, 7) is 4.12. The van der Waals surface area contributed by atoms with Crippen molar-refractivity contribution >= 4 is 23.5 Å². The summed E-state index contributed by atoms with van der Waals surface area (Å²) in [7, 11) is 1.27. The molecule has 2 N–H and O–H groups in total. The van der Waals surface area contributed by atoms with Crippen molar-refractivity contribution in [3.63, 3.8) is 0 Å². The van der Waals surface area contributed by atoms with E-state index in [1.165, 1.54) is 26.2 Å². The van der Waals surface area contributed by atoms with Gasteiger partial charge < -0.3 is 24.3 Å². The predicted octanol–water partition coefficient (Wildman–Crippen LogP) is -0.256. The monoisotopic (exact) mass is 549 g/mol. The summed E-state index contributed by atoms with van der Waals surface area (Å²) in [4.78, 5) is 74.3. The van der Waals surface area contributed by atoms with Crippen molar-refractivity contribution in [3.05, 3.63) is 66.5 Å². The van der Waals surface area contributed by atoms with Crippen molar-refractivity contribution in [1.82, 2.24) is 20.1 Å². The SMILES string of the molecule is CCOC(=O)CC(NC(=O)c1ccc([N+](=O)[O-])cc1)C1O[C@H](n2nc(C)c(=O)[nH]c2=O)[C@H](OC(C)=O)[C@H]1OC. The summed E-state index contributed by atoms with van der Waals surface area (Å²) in [6.07, 6.45) is -5.43. The number of aromatic amines is 1. The van der Waals surface area contributed by atoms with Crippen molar-refractivity contribution in [2.75, 3.05) is 13.7 Å². The third kappa shape index (κ3) is 6.71. The summed E-state index contributed by atoms with van der Waals surface area (Å²) in [5.74, 6) is -2.16. The van der Waals surface area contributed by atoms with E-state index >= 15 is 0 Å². The number of aryl methyl sites for hydroxylation is 1. The molecule has 16 nitrogen and oxygen atoms in total. The van der Waals surface area contributed by atoms with Crippen LogP contribution < -0.4 is 16.6 Å². The lowest BCUT2D eigenvalue weighted by atomic mass is 9.99. The maximum absolute atomic E-state index is 13.1. The molecule has 0 radical (unpaired) electrons. The average molecular weight is 549 g/mol. The van der Waals surface area contributed by atoms with Gasteiger partial charge in [-0.25, -0.2) is 4.79 Å². The van der Waals surface area contributed by atoms with E-state index in [2.05, 4.69) is 15.4 Å². The molecule has 0 aliphatic carbocycles. The van der Waals surface area contributed by atoms with Crippen LogP contribution in [0.3, 0.4) is 0 Å². The lowest BCUT2D eigenvalue weighted by Gasteiger charge is -2.28. The molecule has 1 aromatic carbocycles. The Balaban J connectivity index is 2.01. The Morgan fingerprint density at radius 2 is 1.90 bits per heavy atom. The smallest absolute Gasteiger partial charge is 0.347 e. The maximum atomic E-state index is 13.1. The molecule has 5 atom stereocenters. The number of rotatable bonds is 10. The van der Waals surface area contributed by atoms with E-state index in [-0.39, 0.29) is 23.6 Å². The Hall–Kier alpha value is -4.44. The molecule has 0 saturated carbocycles. The molecule has 1 aromatic heterocycles. The second-order valence-electron chi connectivity index (χ2n) is 8.45. The lowest BCUT2D eigenvalue weighted by Crippen LogP contribution is -2.51. The van der Waals surface area contributed by atoms with Gasteiger partial charge in [0.1, 0.15) is 17.9 Å². The molecule has 1 aliphatic rings. The van der Waals surface area contributed by atoms with E-state index in [1.807, 2.05) is 0 Å². The van der Waals surface area contributed by atoms with Gasteiger partial charge in [-0.15, -0.1) is 0 Å². The van der Waals surface area contributed by atoms with Crippen LogP contribution in [0.25, 0.3) is 0 Å². The van der Waals surface area contributed by atoms with Gasteiger partial charge in [0, 0.05) is 31.7 Å². The van der Waals surface area contributed by atoms with E-state index in [4.69, 9.17) is 18.9 Å². The van der Waals surface area contributed by atoms with E-state index in [1.54, 1.807) is 6.92 Å². The van der Waals surface area contributed by atoms with Crippen molar-refractivity contribution < 1.29 is 38.3 Å². The number of H-pyrrole nitrogens is 1. The Kier molecular flexibility index (Phi) is 9.26. The van der Waals surface area contributed by atoms with Crippen molar-refractivity contribution in [2.45, 2.75) is 57.8 Å². The second-order valence-corrected chi connectivity index (χ2v) is 8.45. The third-order valence-corrected chi connectivity index (χ3v) is 5.80. The van der Waals surface area contributed by atoms with Crippen LogP contribution >= 0.6 is 0 Å². The number of amides is 1. The van der Waals surface area contributed by atoms with Gasteiger partial charge in [0.15, 0.2) is 12.3 Å². The molecule has 2 unspecified atom stereocenters. The van der Waals surface area contributed by atoms with Crippen molar-refractivity contribution in [3.8, 4) is 0 Å². The minimum Gasteiger partial charge on any atom is -0.466 e. The second kappa shape index (κ2) is 12.4. The number of aromatic nitrogens is 3. The number of ether oxygens (including phenoxy) is 4. The van der Waals surface area contributed by atoms with E-state index < -0.39 is 71.0 Å². The number of hydrogen-bond acceptors (Lipinski definition) is 12. The highest BCUT2D eigenvalue weighted by Gasteiger charge is 2.52. The van der Waals surface area contributed by atoms with Gasteiger partial charge in [-0.05, 0) is 26.0 Å². The Morgan fingerprint density at radius 1 is 1.23 bits per heavy atom. The third-order valence-electron chi connectivity index (χ3n) is 5.80. The van der Waals surface area contributed by atoms with Crippen LogP contribution in [-0.4, -0.2) is 75.6 Å². The van der Waals surface area contributed by atoms with E-state index in [9.17, 15) is 34.1 Å². The number of nitro groups is 1. The first-order chi connectivity index (χ1) is 18.5. The van der Waals surface area contributed by atoms with Crippen molar-refractivity contribution in [2.24, 2.45) is 0 Å². The first-order valence-corrected chi connectivity index (χ1v) is 11.7. The van der Waals surface area contributed by atoms with Crippen LogP contribution in [0.1, 0.15) is 42.5 Å². The number of nitrogens with zero attached hydrogens (tertiary/aromatic N) is 3. The molecule has 210 valence electrons. The number of nitro benzene ring substituents is 1. The average Bonchev–Trinajstić information content (AvgIpc) is 3.23. The quantitative estimate of drug-likeness (QED) is 0.223. The van der Waals surface area contributed by atoms with E-state index in [0.717, 1.165) is 23.7 Å². The molecular weight excluding hydrogens is 522 g/mol. The molecule has 1 fully saturated rings. The maximum Gasteiger partial charge on any atom is 0.347 e. The van der Waals surface area contributed by atoms with Crippen LogP contribution in [0.2, 0.25) is 0 Å². The highest BCUT2D eigenvalue weighted by atomic mass is 16.6. The first-order valence-electron chi connectivity index (χ1n) is 11.7. The fourth-order valence-corrected chi connectivity index (χ4v) is 4.08. The molecule has 0 spiro atoms. The highest BCUT2D eigenvalue weighted by molar-refractivity contribution is 5.94. The van der Waals surface area contributed by atoms with Gasteiger partial charge >= 0.3 is 17.6 Å². The summed E-state index contributed by atoms with van der Waals surface area (Å²) in [5.41, 5.74) is -1.95. The molecule has 2 heterocycles. The topological polar surface area (TPSA) is 211 Å². The minimum atomic E-state index is -1.41. The Morgan fingerprint density at radius 3 is 2.46 bits per heavy atom. The summed E-state index contributed by atoms with van der Waals surface area (Å²) in [6, 6.07) is 3.59. The Labute approximate surface area is 220 Å². The predicted molar refractivity (Wildman–Crippen MR) is 130 cm³/mol. The standard InChI is InChI=1S/C23H27N5O11/c1-5-37-16(30)10-15(24-21(32)13-6-8-14(9-7-13)28(34)35)17-18(36-4)19(38-12(3)29)22(39-17)27-23(33)25-20(31)11(2)26-27/h6-9,15,17-19,22H,5,10H2,1-4H3,(H,24,32)(H,25,31,33)/t15?,17?,18-,19+,22-/m0/s1. The van der Waals surface area contributed by atoms with Crippen LogP contribution in [0.5, 0.6) is 0 Å². The zero-order valence-corrected chi connectivity index (χ0v) is 21.4. The summed E-state index contributed by atoms with van der Waals surface area (Å²) >= 11 is 0. The molecule has 2 aromatic rings.